The molecule has 0 amide bonds. The highest BCUT2D eigenvalue weighted by atomic mass is 35.5. The Balaban J connectivity index is 2.65. The second kappa shape index (κ2) is 4.93. The van der Waals surface area contributed by atoms with Gasteiger partial charge in [0.2, 0.25) is 0 Å². The van der Waals surface area contributed by atoms with Crippen molar-refractivity contribution in [3.63, 3.8) is 0 Å². The predicted octanol–water partition coefficient (Wildman–Crippen LogP) is 3.58. The van der Waals surface area contributed by atoms with Gasteiger partial charge in [0, 0.05) is 24.0 Å². The van der Waals surface area contributed by atoms with E-state index in [-0.39, 0.29) is 0 Å². The van der Waals surface area contributed by atoms with Gasteiger partial charge >= 0.3 is 0 Å². The van der Waals surface area contributed by atoms with E-state index < -0.39 is 0 Å². The number of halogens is 1. The smallest absolute Gasteiger partial charge is 0.164 e. The maximum absolute atomic E-state index is 6.31. The average Bonchev–Trinajstić information content (AvgIpc) is 2.51. The highest BCUT2D eigenvalue weighted by Crippen LogP contribution is 2.30. The average molecular weight is 279 g/mol. The minimum absolute atomic E-state index is 0.317. The van der Waals surface area contributed by atoms with E-state index in [9.17, 15) is 0 Å². The van der Waals surface area contributed by atoms with Crippen LogP contribution in [0.4, 0.5) is 0 Å². The Hall–Kier alpha value is -1.42. The van der Waals surface area contributed by atoms with Crippen LogP contribution < -0.4 is 0 Å². The molecule has 2 rings (SSSR count). The van der Waals surface area contributed by atoms with Crippen molar-refractivity contribution in [3.8, 4) is 11.4 Å². The highest BCUT2D eigenvalue weighted by Gasteiger charge is 2.18. The van der Waals surface area contributed by atoms with Crippen LogP contribution in [0.25, 0.3) is 11.4 Å². The van der Waals surface area contributed by atoms with E-state index in [0.717, 1.165) is 28.2 Å². The molecule has 2 heterocycles. The fourth-order valence-electron chi connectivity index (χ4n) is 2.41. The van der Waals surface area contributed by atoms with Gasteiger partial charge in [0.1, 0.15) is 5.15 Å². The molecule has 2 aromatic heterocycles. The van der Waals surface area contributed by atoms with Crippen molar-refractivity contribution in [1.82, 2.24) is 19.7 Å². The minimum atomic E-state index is 0.317. The molecule has 4 nitrogen and oxygen atoms in total. The second-order valence-corrected chi connectivity index (χ2v) is 5.52. The molecule has 5 heteroatoms. The molecule has 2 aromatic rings. The quantitative estimate of drug-likeness (QED) is 0.789. The zero-order valence-electron chi connectivity index (χ0n) is 12.2. The van der Waals surface area contributed by atoms with Gasteiger partial charge in [0.05, 0.1) is 11.3 Å². The van der Waals surface area contributed by atoms with Crippen molar-refractivity contribution in [2.45, 2.75) is 40.5 Å². The minimum Gasteiger partial charge on any atom is -0.272 e. The van der Waals surface area contributed by atoms with Crippen LogP contribution in [0, 0.1) is 20.8 Å². The monoisotopic (exact) mass is 278 g/mol. The van der Waals surface area contributed by atoms with Gasteiger partial charge in [0.25, 0.3) is 0 Å². The molecule has 0 aliphatic rings. The van der Waals surface area contributed by atoms with Gasteiger partial charge < -0.3 is 0 Å². The molecule has 0 saturated carbocycles. The molecule has 0 atom stereocenters. The molecule has 0 N–H and O–H groups in total. The van der Waals surface area contributed by atoms with Crippen molar-refractivity contribution < 1.29 is 0 Å². The van der Waals surface area contributed by atoms with Crippen LogP contribution in [0.15, 0.2) is 0 Å². The van der Waals surface area contributed by atoms with Crippen molar-refractivity contribution in [2.24, 2.45) is 7.05 Å². The van der Waals surface area contributed by atoms with E-state index in [1.54, 1.807) is 0 Å². The molecule has 19 heavy (non-hydrogen) atoms. The summed E-state index contributed by atoms with van der Waals surface area (Å²) in [6.45, 7) is 10.1. The lowest BCUT2D eigenvalue weighted by Crippen LogP contribution is -2.03. The number of aromatic nitrogens is 4. The van der Waals surface area contributed by atoms with E-state index in [1.807, 2.05) is 32.5 Å². The molecule has 0 spiro atoms. The predicted molar refractivity (Wildman–Crippen MR) is 77.5 cm³/mol. The molecular weight excluding hydrogens is 260 g/mol. The first-order valence-corrected chi connectivity index (χ1v) is 6.75. The largest absolute Gasteiger partial charge is 0.272 e. The molecule has 0 bridgehead atoms. The van der Waals surface area contributed by atoms with Gasteiger partial charge in [-0.25, -0.2) is 9.97 Å². The Bertz CT molecular complexity index is 606. The third kappa shape index (κ3) is 2.37. The molecule has 0 aliphatic carbocycles. The summed E-state index contributed by atoms with van der Waals surface area (Å²) in [5, 5.41) is 4.94. The maximum Gasteiger partial charge on any atom is 0.164 e. The first kappa shape index (κ1) is 14.0. The SMILES string of the molecule is Cc1nn(C)c(C)c1-c1nc(C)c(C(C)C)c(Cl)n1. The number of aryl methyl sites for hydroxylation is 3. The molecule has 0 aromatic carbocycles. The molecule has 0 unspecified atom stereocenters. The zero-order chi connectivity index (χ0) is 14.3. The highest BCUT2D eigenvalue weighted by molar-refractivity contribution is 6.30. The third-order valence-electron chi connectivity index (χ3n) is 3.40. The molecular formula is C14H19ClN4. The number of hydrogen-bond acceptors (Lipinski definition) is 3. The van der Waals surface area contributed by atoms with Crippen molar-refractivity contribution in [2.75, 3.05) is 0 Å². The second-order valence-electron chi connectivity index (χ2n) is 5.16. The molecule has 102 valence electrons. The summed E-state index contributed by atoms with van der Waals surface area (Å²) >= 11 is 6.31. The Morgan fingerprint density at radius 2 is 1.68 bits per heavy atom. The summed E-state index contributed by atoms with van der Waals surface area (Å²) in [5.41, 5.74) is 4.90. The van der Waals surface area contributed by atoms with Gasteiger partial charge in [-0.2, -0.15) is 5.10 Å². The molecule has 0 fully saturated rings. The van der Waals surface area contributed by atoms with E-state index >= 15 is 0 Å². The summed E-state index contributed by atoms with van der Waals surface area (Å²) in [5.74, 6) is 0.979. The van der Waals surface area contributed by atoms with Crippen LogP contribution in [0.1, 0.15) is 42.4 Å². The summed E-state index contributed by atoms with van der Waals surface area (Å²) < 4.78 is 1.84. The van der Waals surface area contributed by atoms with Gasteiger partial charge in [-0.1, -0.05) is 25.4 Å². The maximum atomic E-state index is 6.31. The standard InChI is InChI=1S/C14H19ClN4/c1-7(2)11-8(3)16-14(17-13(11)15)12-9(4)18-19(6)10(12)5/h7H,1-6H3. The van der Waals surface area contributed by atoms with Crippen LogP contribution in [0.5, 0.6) is 0 Å². The van der Waals surface area contributed by atoms with Gasteiger partial charge in [0.15, 0.2) is 5.82 Å². The van der Waals surface area contributed by atoms with Crippen LogP contribution in [-0.2, 0) is 7.05 Å². The van der Waals surface area contributed by atoms with E-state index in [4.69, 9.17) is 11.6 Å². The lowest BCUT2D eigenvalue weighted by Gasteiger charge is -2.12. The van der Waals surface area contributed by atoms with Crippen molar-refractivity contribution in [1.29, 1.82) is 0 Å². The van der Waals surface area contributed by atoms with E-state index in [1.165, 1.54) is 0 Å². The fraction of sp³-hybridized carbons (Fsp3) is 0.500. The van der Waals surface area contributed by atoms with E-state index in [2.05, 4.69) is 28.9 Å². The Kier molecular flexibility index (Phi) is 3.63. The van der Waals surface area contributed by atoms with Crippen molar-refractivity contribution in [3.05, 3.63) is 27.8 Å². The Morgan fingerprint density at radius 1 is 1.05 bits per heavy atom. The first-order valence-electron chi connectivity index (χ1n) is 6.37. The van der Waals surface area contributed by atoms with Gasteiger partial charge in [-0.05, 0) is 26.7 Å². The van der Waals surface area contributed by atoms with Crippen LogP contribution in [-0.4, -0.2) is 19.7 Å². The van der Waals surface area contributed by atoms with Crippen LogP contribution in [0.2, 0.25) is 5.15 Å². The van der Waals surface area contributed by atoms with Crippen LogP contribution in [0.3, 0.4) is 0 Å². The Labute approximate surface area is 118 Å². The number of nitrogens with zero attached hydrogens (tertiary/aromatic N) is 4. The number of rotatable bonds is 2. The summed E-state index contributed by atoms with van der Waals surface area (Å²) in [7, 11) is 1.92. The lowest BCUT2D eigenvalue weighted by atomic mass is 10.0. The Morgan fingerprint density at radius 3 is 2.11 bits per heavy atom. The fourth-order valence-corrected chi connectivity index (χ4v) is 2.85. The number of hydrogen-bond donors (Lipinski definition) is 0. The van der Waals surface area contributed by atoms with Crippen molar-refractivity contribution >= 4 is 11.6 Å². The summed E-state index contributed by atoms with van der Waals surface area (Å²) in [6.07, 6.45) is 0. The topological polar surface area (TPSA) is 43.6 Å². The van der Waals surface area contributed by atoms with Gasteiger partial charge in [-0.3, -0.25) is 4.68 Å². The summed E-state index contributed by atoms with van der Waals surface area (Å²) in [6, 6.07) is 0. The molecule has 0 radical (unpaired) electrons. The lowest BCUT2D eigenvalue weighted by molar-refractivity contribution is 0.731. The van der Waals surface area contributed by atoms with E-state index in [0.29, 0.717) is 16.9 Å². The molecule has 0 aliphatic heterocycles. The first-order chi connectivity index (χ1) is 8.82. The third-order valence-corrected chi connectivity index (χ3v) is 3.69. The normalized spacial score (nSPS) is 11.4. The zero-order valence-corrected chi connectivity index (χ0v) is 13.0. The molecule has 0 saturated heterocycles. The van der Waals surface area contributed by atoms with Crippen LogP contribution >= 0.6 is 11.6 Å². The van der Waals surface area contributed by atoms with Gasteiger partial charge in [-0.15, -0.1) is 0 Å². The summed E-state index contributed by atoms with van der Waals surface area (Å²) in [4.78, 5) is 9.07.